The third-order valence-corrected chi connectivity index (χ3v) is 8.29. The fraction of sp³-hybridized carbons (Fsp3) is 0.400. The first-order valence-corrected chi connectivity index (χ1v) is 13.4. The normalized spacial score (nSPS) is 20.4. The van der Waals surface area contributed by atoms with Gasteiger partial charge < -0.3 is 14.4 Å². The van der Waals surface area contributed by atoms with Crippen molar-refractivity contribution in [1.29, 1.82) is 0 Å². The number of carbonyl (C=O) groups is 3. The topological polar surface area (TPSA) is 88.2 Å². The predicted octanol–water partition coefficient (Wildman–Crippen LogP) is -5.49. The van der Waals surface area contributed by atoms with Crippen LogP contribution in [0, 0.1) is 0 Å². The number of nitrogens with one attached hydrogen (secondary N) is 1. The third-order valence-electron chi connectivity index (χ3n) is 8.29. The van der Waals surface area contributed by atoms with E-state index in [9.17, 15) is 14.4 Å². The van der Waals surface area contributed by atoms with Crippen LogP contribution in [0.2, 0.25) is 0 Å². The molecule has 1 atom stereocenters. The second kappa shape index (κ2) is 10.3. The zero-order chi connectivity index (χ0) is 27.2. The predicted molar refractivity (Wildman–Crippen MR) is 159 cm³/mol. The molecule has 3 aliphatic heterocycles. The van der Waals surface area contributed by atoms with Crippen LogP contribution in [-0.4, -0.2) is 99.1 Å². The molecule has 2 saturated heterocycles. The Hall–Kier alpha value is -2.91. The minimum Gasteiger partial charge on any atom is -0.501 e. The van der Waals surface area contributed by atoms with Gasteiger partial charge in [0.25, 0.3) is 5.91 Å². The van der Waals surface area contributed by atoms with E-state index in [1.807, 2.05) is 12.1 Å². The fourth-order valence-corrected chi connectivity index (χ4v) is 5.97. The summed E-state index contributed by atoms with van der Waals surface area (Å²) in [6.07, 6.45) is 0.563. The van der Waals surface area contributed by atoms with Crippen LogP contribution in [-0.2, 0) is 32.8 Å². The first-order chi connectivity index (χ1) is 18.1. The van der Waals surface area contributed by atoms with Crippen LogP contribution < -0.4 is 26.4 Å². The number of imide groups is 1. The number of piperidine rings is 1. The molecule has 0 bridgehead atoms. The van der Waals surface area contributed by atoms with Crippen LogP contribution in [0.5, 0.6) is 5.75 Å². The molecule has 0 aromatic heterocycles. The van der Waals surface area contributed by atoms with Gasteiger partial charge in [-0.1, -0.05) is 28.5 Å². The lowest BCUT2D eigenvalue weighted by Crippen LogP contribution is -2.52. The van der Waals surface area contributed by atoms with E-state index in [0.29, 0.717) is 17.7 Å². The minimum absolute atomic E-state index is 0.201. The molecule has 3 amide bonds. The quantitative estimate of drug-likeness (QED) is 0.310. The molecular weight excluding hydrogens is 476 g/mol. The number of nitrogens with zero attached hydrogens (tertiary/aromatic N) is 2. The molecular formula is C25H32B5N3O5. The van der Waals surface area contributed by atoms with Gasteiger partial charge in [0.15, 0.2) is 15.7 Å². The molecule has 0 radical (unpaired) electrons. The van der Waals surface area contributed by atoms with Gasteiger partial charge in [0.1, 0.15) is 35.3 Å². The van der Waals surface area contributed by atoms with Crippen molar-refractivity contribution < 1.29 is 23.9 Å². The van der Waals surface area contributed by atoms with Crippen molar-refractivity contribution in [3.05, 3.63) is 46.5 Å². The van der Waals surface area contributed by atoms with Gasteiger partial charge in [-0.2, -0.15) is 0 Å². The van der Waals surface area contributed by atoms with E-state index in [2.05, 4.69) is 55.5 Å². The molecule has 5 rings (SSSR count). The van der Waals surface area contributed by atoms with Gasteiger partial charge in [0, 0.05) is 37.2 Å². The van der Waals surface area contributed by atoms with Gasteiger partial charge in [-0.3, -0.25) is 24.6 Å². The summed E-state index contributed by atoms with van der Waals surface area (Å²) in [6.45, 7) is 4.64. The molecule has 0 saturated carbocycles. The van der Waals surface area contributed by atoms with E-state index < -0.39 is 17.3 Å². The molecule has 3 aliphatic rings. The first kappa shape index (κ1) is 26.7. The number of hydrogen-bond donors (Lipinski definition) is 1. The Labute approximate surface area is 228 Å². The smallest absolute Gasteiger partial charge is 0.255 e. The SMILES string of the molecule is Bc1cc(C(B)(B)Oc2cccc3c2CN(C2CCC(=O)NC2=O)C3=O)c(B)c(B)c1CN1CCOCC1. The number of amides is 3. The molecule has 8 nitrogen and oxygen atoms in total. The molecule has 192 valence electrons. The molecule has 38 heavy (non-hydrogen) atoms. The second-order valence-electron chi connectivity index (χ2n) is 11.2. The number of fused-ring (bicyclic) bond motifs is 1. The third kappa shape index (κ3) is 4.94. The van der Waals surface area contributed by atoms with Gasteiger partial charge >= 0.3 is 0 Å². The first-order valence-electron chi connectivity index (χ1n) is 13.4. The summed E-state index contributed by atoms with van der Waals surface area (Å²) in [5.41, 5.74) is 7.53. The molecule has 0 aliphatic carbocycles. The van der Waals surface area contributed by atoms with Crippen molar-refractivity contribution in [3.63, 3.8) is 0 Å². The van der Waals surface area contributed by atoms with Crippen molar-refractivity contribution in [3.8, 4) is 5.75 Å². The number of hydrogen-bond acceptors (Lipinski definition) is 6. The number of ether oxygens (including phenoxy) is 2. The van der Waals surface area contributed by atoms with Crippen molar-refractivity contribution in [2.75, 3.05) is 26.3 Å². The second-order valence-corrected chi connectivity index (χ2v) is 11.2. The Morgan fingerprint density at radius 2 is 1.82 bits per heavy atom. The number of rotatable bonds is 6. The van der Waals surface area contributed by atoms with Gasteiger partial charge in [-0.05, 0) is 29.7 Å². The summed E-state index contributed by atoms with van der Waals surface area (Å²) in [7, 11) is 10.6. The summed E-state index contributed by atoms with van der Waals surface area (Å²) in [5.74, 6) is -0.266. The van der Waals surface area contributed by atoms with Crippen LogP contribution in [0.1, 0.15) is 39.9 Å². The Bertz CT molecular complexity index is 1310. The Kier molecular flexibility index (Phi) is 7.26. The van der Waals surface area contributed by atoms with E-state index >= 15 is 0 Å². The maximum atomic E-state index is 13.2. The molecule has 3 heterocycles. The highest BCUT2D eigenvalue weighted by Crippen LogP contribution is 2.35. The monoisotopic (exact) mass is 509 g/mol. The molecule has 13 heteroatoms. The molecule has 2 aromatic rings. The maximum Gasteiger partial charge on any atom is 0.255 e. The molecule has 2 aromatic carbocycles. The largest absolute Gasteiger partial charge is 0.501 e. The molecule has 1 unspecified atom stereocenters. The van der Waals surface area contributed by atoms with Crippen molar-refractivity contribution in [1.82, 2.24) is 15.1 Å². The van der Waals surface area contributed by atoms with Gasteiger partial charge in [-0.25, -0.2) is 0 Å². The average molecular weight is 509 g/mol. The number of benzene rings is 2. The lowest BCUT2D eigenvalue weighted by atomic mass is 9.55. The summed E-state index contributed by atoms with van der Waals surface area (Å²) in [6, 6.07) is 7.08. The van der Waals surface area contributed by atoms with Crippen LogP contribution >= 0.6 is 0 Å². The summed E-state index contributed by atoms with van der Waals surface area (Å²) in [4.78, 5) is 41.3. The Morgan fingerprint density at radius 3 is 2.53 bits per heavy atom. The molecule has 1 N–H and O–H groups in total. The van der Waals surface area contributed by atoms with Crippen molar-refractivity contribution in [2.45, 2.75) is 37.4 Å². The van der Waals surface area contributed by atoms with E-state index in [-0.39, 0.29) is 24.8 Å². The summed E-state index contributed by atoms with van der Waals surface area (Å²) < 4.78 is 12.2. The van der Waals surface area contributed by atoms with E-state index in [4.69, 9.17) is 9.47 Å². The van der Waals surface area contributed by atoms with Crippen molar-refractivity contribution >= 4 is 73.3 Å². The highest BCUT2D eigenvalue weighted by atomic mass is 16.5. The number of morpholine rings is 1. The fourth-order valence-electron chi connectivity index (χ4n) is 5.97. The highest BCUT2D eigenvalue weighted by Gasteiger charge is 2.40. The van der Waals surface area contributed by atoms with Crippen LogP contribution in [0.25, 0.3) is 0 Å². The maximum absolute atomic E-state index is 13.2. The van der Waals surface area contributed by atoms with E-state index in [0.717, 1.165) is 44.0 Å². The van der Waals surface area contributed by atoms with E-state index in [1.165, 1.54) is 22.0 Å². The lowest BCUT2D eigenvalue weighted by molar-refractivity contribution is -0.136. The minimum atomic E-state index is -0.655. The summed E-state index contributed by atoms with van der Waals surface area (Å²) in [5, 5.41) is 1.71. The zero-order valence-corrected chi connectivity index (χ0v) is 23.0. The average Bonchev–Trinajstić information content (AvgIpc) is 3.21. The lowest BCUT2D eigenvalue weighted by Gasteiger charge is -2.34. The highest BCUT2D eigenvalue weighted by molar-refractivity contribution is 6.53. The van der Waals surface area contributed by atoms with Crippen LogP contribution in [0.3, 0.4) is 0 Å². The van der Waals surface area contributed by atoms with Crippen LogP contribution in [0.15, 0.2) is 24.3 Å². The number of carbonyl (C=O) groups excluding carboxylic acids is 3. The standard InChI is InChI=1S/C25H32B5N3O5/c26-17-10-16(22(28)21(27)15(17)11-32-6-8-37-9-7-32)25(29,30)38-19-3-1-2-13-14(19)12-33(24(13)36)18-4-5-20(34)31-23(18)35/h1-3,10,18H,4-9,11-12,26-30H2,(H,31,34,35). The zero-order valence-electron chi connectivity index (χ0n) is 23.0. The van der Waals surface area contributed by atoms with Crippen molar-refractivity contribution in [2.24, 2.45) is 0 Å². The van der Waals surface area contributed by atoms with E-state index in [1.54, 1.807) is 11.0 Å². The summed E-state index contributed by atoms with van der Waals surface area (Å²) >= 11 is 0. The van der Waals surface area contributed by atoms with Gasteiger partial charge in [-0.15, -0.1) is 0 Å². The van der Waals surface area contributed by atoms with Crippen LogP contribution in [0.4, 0.5) is 0 Å². The molecule has 2 fully saturated rings. The Balaban J connectivity index is 1.40. The Morgan fingerprint density at radius 1 is 1.08 bits per heavy atom. The van der Waals surface area contributed by atoms with Gasteiger partial charge in [0.05, 0.1) is 25.2 Å². The molecule has 0 spiro atoms. The van der Waals surface area contributed by atoms with Gasteiger partial charge in [0.2, 0.25) is 11.8 Å².